The van der Waals surface area contributed by atoms with Crippen molar-refractivity contribution in [2.75, 3.05) is 36.2 Å². The third-order valence-corrected chi connectivity index (χ3v) is 5.65. The molecule has 0 aliphatic carbocycles. The van der Waals surface area contributed by atoms with Gasteiger partial charge >= 0.3 is 0 Å². The zero-order chi connectivity index (χ0) is 19.5. The van der Waals surface area contributed by atoms with E-state index in [9.17, 15) is 9.59 Å². The lowest BCUT2D eigenvalue weighted by molar-refractivity contribution is -0.119. The summed E-state index contributed by atoms with van der Waals surface area (Å²) in [6.45, 7) is 1.76. The second kappa shape index (κ2) is 8.14. The Kier molecular flexibility index (Phi) is 5.43. The van der Waals surface area contributed by atoms with Crippen molar-refractivity contribution in [1.29, 1.82) is 0 Å². The van der Waals surface area contributed by atoms with Crippen LogP contribution in [0.2, 0.25) is 0 Å². The van der Waals surface area contributed by atoms with E-state index < -0.39 is 0 Å². The molecule has 2 aliphatic heterocycles. The number of amides is 2. The number of benzene rings is 2. The number of carbonyl (C=O) groups excluding carboxylic acids is 2. The molecule has 28 heavy (non-hydrogen) atoms. The summed E-state index contributed by atoms with van der Waals surface area (Å²) in [4.78, 5) is 27.5. The molecule has 7 heteroatoms. The van der Waals surface area contributed by atoms with E-state index >= 15 is 0 Å². The Labute approximate surface area is 168 Å². The second-order valence-electron chi connectivity index (χ2n) is 6.70. The maximum absolute atomic E-state index is 12.7. The number of thioether (sulfide) groups is 1. The van der Waals surface area contributed by atoms with E-state index in [4.69, 9.17) is 9.47 Å². The Balaban J connectivity index is 1.51. The first kappa shape index (κ1) is 18.7. The van der Waals surface area contributed by atoms with Crippen molar-refractivity contribution in [3.63, 3.8) is 0 Å². The first-order valence-corrected chi connectivity index (χ1v) is 10.6. The van der Waals surface area contributed by atoms with Crippen LogP contribution in [-0.4, -0.2) is 37.8 Å². The molecule has 1 saturated heterocycles. The standard InChI is InChI=1S/C21H22N2O4S/c1-28-19-13-18-17(26-10-11-27-18)12-16(19)22-21(25)14-5-7-15(8-6-14)23-9-3-2-4-20(23)24/h5-8,12-13H,2-4,9-11H2,1H3,(H,22,25). The Morgan fingerprint density at radius 3 is 2.46 bits per heavy atom. The number of anilines is 2. The molecule has 6 nitrogen and oxygen atoms in total. The van der Waals surface area contributed by atoms with Crippen molar-refractivity contribution in [1.82, 2.24) is 0 Å². The van der Waals surface area contributed by atoms with Gasteiger partial charge in [0.2, 0.25) is 5.91 Å². The second-order valence-corrected chi connectivity index (χ2v) is 7.55. The normalized spacial score (nSPS) is 16.0. The number of piperidine rings is 1. The SMILES string of the molecule is CSc1cc2c(cc1NC(=O)c1ccc(N3CCCCC3=O)cc1)OCCO2. The number of hydrogen-bond acceptors (Lipinski definition) is 5. The summed E-state index contributed by atoms with van der Waals surface area (Å²) in [6, 6.07) is 10.9. The van der Waals surface area contributed by atoms with Gasteiger partial charge in [-0.1, -0.05) is 0 Å². The predicted octanol–water partition coefficient (Wildman–Crippen LogP) is 3.95. The molecule has 4 rings (SSSR count). The molecule has 146 valence electrons. The third kappa shape index (κ3) is 3.80. The molecule has 0 spiro atoms. The number of fused-ring (bicyclic) bond motifs is 1. The van der Waals surface area contributed by atoms with Crippen LogP contribution in [-0.2, 0) is 4.79 Å². The smallest absolute Gasteiger partial charge is 0.255 e. The largest absolute Gasteiger partial charge is 0.486 e. The molecule has 2 amide bonds. The molecule has 0 atom stereocenters. The van der Waals surface area contributed by atoms with Crippen LogP contribution in [0.25, 0.3) is 0 Å². The predicted molar refractivity (Wildman–Crippen MR) is 110 cm³/mol. The minimum absolute atomic E-state index is 0.143. The maximum atomic E-state index is 12.7. The lowest BCUT2D eigenvalue weighted by atomic mass is 10.1. The van der Waals surface area contributed by atoms with Crippen LogP contribution in [0.1, 0.15) is 29.6 Å². The van der Waals surface area contributed by atoms with Crippen LogP contribution in [0.15, 0.2) is 41.3 Å². The maximum Gasteiger partial charge on any atom is 0.255 e. The van der Waals surface area contributed by atoms with Gasteiger partial charge in [0.25, 0.3) is 5.91 Å². The number of ether oxygens (including phenoxy) is 2. The Hall–Kier alpha value is -2.67. The van der Waals surface area contributed by atoms with Crippen molar-refractivity contribution in [2.45, 2.75) is 24.2 Å². The molecule has 2 aromatic carbocycles. The Bertz CT molecular complexity index is 898. The average Bonchev–Trinajstić information content (AvgIpc) is 2.73. The van der Waals surface area contributed by atoms with Crippen molar-refractivity contribution in [3.8, 4) is 11.5 Å². The van der Waals surface area contributed by atoms with Gasteiger partial charge in [-0.15, -0.1) is 11.8 Å². The molecule has 2 heterocycles. The monoisotopic (exact) mass is 398 g/mol. The van der Waals surface area contributed by atoms with E-state index in [1.165, 1.54) is 11.8 Å². The Morgan fingerprint density at radius 2 is 1.79 bits per heavy atom. The Morgan fingerprint density at radius 1 is 1.07 bits per heavy atom. The summed E-state index contributed by atoms with van der Waals surface area (Å²) >= 11 is 1.53. The average molecular weight is 398 g/mol. The van der Waals surface area contributed by atoms with Crippen molar-refractivity contribution < 1.29 is 19.1 Å². The third-order valence-electron chi connectivity index (χ3n) is 4.88. The lowest BCUT2D eigenvalue weighted by Crippen LogP contribution is -2.35. The quantitative estimate of drug-likeness (QED) is 0.790. The number of nitrogens with zero attached hydrogens (tertiary/aromatic N) is 1. The van der Waals surface area contributed by atoms with Gasteiger partial charge in [0.1, 0.15) is 13.2 Å². The fourth-order valence-electron chi connectivity index (χ4n) is 3.40. The van der Waals surface area contributed by atoms with Crippen LogP contribution in [0.3, 0.4) is 0 Å². The molecule has 1 N–H and O–H groups in total. The van der Waals surface area contributed by atoms with E-state index in [2.05, 4.69) is 5.32 Å². The van der Waals surface area contributed by atoms with Crippen molar-refractivity contribution in [2.24, 2.45) is 0 Å². The molecule has 2 aliphatic rings. The van der Waals surface area contributed by atoms with Crippen LogP contribution in [0, 0.1) is 0 Å². The topological polar surface area (TPSA) is 67.9 Å². The number of nitrogens with one attached hydrogen (secondary N) is 1. The first-order valence-electron chi connectivity index (χ1n) is 9.35. The zero-order valence-corrected chi connectivity index (χ0v) is 16.5. The van der Waals surface area contributed by atoms with Gasteiger partial charge in [-0.2, -0.15) is 0 Å². The molecule has 0 saturated carbocycles. The molecule has 2 aromatic rings. The number of hydrogen-bond donors (Lipinski definition) is 1. The highest BCUT2D eigenvalue weighted by molar-refractivity contribution is 7.98. The number of carbonyl (C=O) groups is 2. The van der Waals surface area contributed by atoms with Crippen LogP contribution < -0.4 is 19.7 Å². The van der Waals surface area contributed by atoms with E-state index in [1.54, 1.807) is 23.1 Å². The van der Waals surface area contributed by atoms with E-state index in [0.29, 0.717) is 42.4 Å². The highest BCUT2D eigenvalue weighted by atomic mass is 32.2. The highest BCUT2D eigenvalue weighted by Gasteiger charge is 2.20. The molecule has 1 fully saturated rings. The minimum atomic E-state index is -0.205. The van der Waals surface area contributed by atoms with Crippen LogP contribution >= 0.6 is 11.8 Å². The van der Waals surface area contributed by atoms with Crippen molar-refractivity contribution in [3.05, 3.63) is 42.0 Å². The summed E-state index contributed by atoms with van der Waals surface area (Å²) < 4.78 is 11.2. The number of rotatable bonds is 4. The van der Waals surface area contributed by atoms with Crippen LogP contribution in [0.4, 0.5) is 11.4 Å². The van der Waals surface area contributed by atoms with E-state index in [1.807, 2.05) is 24.5 Å². The summed E-state index contributed by atoms with van der Waals surface area (Å²) in [5.41, 5.74) is 2.07. The van der Waals surface area contributed by atoms with E-state index in [0.717, 1.165) is 30.0 Å². The van der Waals surface area contributed by atoms with Gasteiger partial charge < -0.3 is 19.7 Å². The molecule has 0 radical (unpaired) electrons. The fraction of sp³-hybridized carbons (Fsp3) is 0.333. The fourth-order valence-corrected chi connectivity index (χ4v) is 3.96. The highest BCUT2D eigenvalue weighted by Crippen LogP contribution is 2.39. The van der Waals surface area contributed by atoms with E-state index in [-0.39, 0.29) is 11.8 Å². The van der Waals surface area contributed by atoms with Gasteiger partial charge in [-0.3, -0.25) is 9.59 Å². The van der Waals surface area contributed by atoms with Crippen molar-refractivity contribution >= 4 is 35.0 Å². The summed E-state index contributed by atoms with van der Waals surface area (Å²) in [6.07, 6.45) is 4.49. The molecular formula is C21H22N2O4S. The summed E-state index contributed by atoms with van der Waals surface area (Å²) in [5.74, 6) is 1.27. The zero-order valence-electron chi connectivity index (χ0n) is 15.7. The minimum Gasteiger partial charge on any atom is -0.486 e. The van der Waals surface area contributed by atoms with Gasteiger partial charge in [0, 0.05) is 35.2 Å². The molecule has 0 bridgehead atoms. The van der Waals surface area contributed by atoms with Gasteiger partial charge in [-0.25, -0.2) is 0 Å². The first-order chi connectivity index (χ1) is 13.7. The molecule has 0 aromatic heterocycles. The van der Waals surface area contributed by atoms with Gasteiger partial charge in [0.05, 0.1) is 5.69 Å². The lowest BCUT2D eigenvalue weighted by Gasteiger charge is -2.26. The summed E-state index contributed by atoms with van der Waals surface area (Å²) in [7, 11) is 0. The molecule has 0 unspecified atom stereocenters. The molecular weight excluding hydrogens is 376 g/mol. The summed E-state index contributed by atoms with van der Waals surface area (Å²) in [5, 5.41) is 2.96. The van der Waals surface area contributed by atoms with Gasteiger partial charge in [0.15, 0.2) is 11.5 Å². The van der Waals surface area contributed by atoms with Crippen LogP contribution in [0.5, 0.6) is 11.5 Å². The van der Waals surface area contributed by atoms with Gasteiger partial charge in [-0.05, 0) is 49.4 Å².